The van der Waals surface area contributed by atoms with E-state index in [1.165, 1.54) is 0 Å². The number of carbonyl (C=O) groups excluding carboxylic acids is 2. The van der Waals surface area contributed by atoms with Gasteiger partial charge in [-0.1, -0.05) is 6.07 Å². The number of halogens is 1. The molecule has 0 bridgehead atoms. The molecule has 0 aliphatic rings. The predicted molar refractivity (Wildman–Crippen MR) is 92.4 cm³/mol. The van der Waals surface area contributed by atoms with E-state index >= 15 is 0 Å². The molecule has 0 spiro atoms. The molecule has 7 nitrogen and oxygen atoms in total. The molecule has 2 rings (SSSR count). The Morgan fingerprint density at radius 2 is 1.96 bits per heavy atom. The van der Waals surface area contributed by atoms with Gasteiger partial charge in [-0.15, -0.1) is 0 Å². The van der Waals surface area contributed by atoms with Crippen molar-refractivity contribution in [1.82, 2.24) is 15.8 Å². The molecule has 0 saturated carbocycles. The highest BCUT2D eigenvalue weighted by atomic mass is 79.9. The summed E-state index contributed by atoms with van der Waals surface area (Å²) in [5.74, 6) is 0.334. The normalized spacial score (nSPS) is 10.1. The van der Waals surface area contributed by atoms with Crippen LogP contribution in [0.4, 0.5) is 4.79 Å². The SMILES string of the molecule is O=C(NO)Sc1ccc(OCCNC(=O)c2cccc(Br)n2)cc1. The summed E-state index contributed by atoms with van der Waals surface area (Å²) in [6, 6.07) is 11.9. The molecule has 9 heteroatoms. The van der Waals surface area contributed by atoms with Gasteiger partial charge in [0.05, 0.1) is 6.54 Å². The molecule has 0 fully saturated rings. The molecule has 1 aromatic heterocycles. The van der Waals surface area contributed by atoms with Crippen molar-refractivity contribution >= 4 is 38.8 Å². The highest BCUT2D eigenvalue weighted by molar-refractivity contribution is 9.10. The van der Waals surface area contributed by atoms with E-state index in [2.05, 4.69) is 26.2 Å². The fourth-order valence-electron chi connectivity index (χ4n) is 1.69. The maximum absolute atomic E-state index is 11.9. The van der Waals surface area contributed by atoms with Gasteiger partial charge in [0.1, 0.15) is 22.7 Å². The number of carbonyl (C=O) groups is 2. The lowest BCUT2D eigenvalue weighted by Crippen LogP contribution is -2.28. The number of hydrogen-bond donors (Lipinski definition) is 3. The third-order valence-electron chi connectivity index (χ3n) is 2.73. The van der Waals surface area contributed by atoms with Crippen LogP contribution < -0.4 is 15.5 Å². The number of hydrogen-bond acceptors (Lipinski definition) is 6. The lowest BCUT2D eigenvalue weighted by atomic mass is 10.3. The molecule has 24 heavy (non-hydrogen) atoms. The smallest absolute Gasteiger partial charge is 0.307 e. The van der Waals surface area contributed by atoms with Crippen molar-refractivity contribution in [3.63, 3.8) is 0 Å². The number of amides is 2. The van der Waals surface area contributed by atoms with E-state index in [1.54, 1.807) is 47.9 Å². The van der Waals surface area contributed by atoms with Crippen LogP contribution in [0.1, 0.15) is 10.5 Å². The Bertz CT molecular complexity index is 712. The van der Waals surface area contributed by atoms with Crippen LogP contribution in [0, 0.1) is 0 Å². The summed E-state index contributed by atoms with van der Waals surface area (Å²) in [6.07, 6.45) is 0. The number of benzene rings is 1. The number of hydroxylamine groups is 1. The van der Waals surface area contributed by atoms with Gasteiger partial charge in [-0.2, -0.15) is 0 Å². The molecule has 0 unspecified atom stereocenters. The third kappa shape index (κ3) is 5.84. The van der Waals surface area contributed by atoms with Gasteiger partial charge in [0.2, 0.25) is 0 Å². The summed E-state index contributed by atoms with van der Waals surface area (Å²) in [7, 11) is 0. The van der Waals surface area contributed by atoms with Crippen LogP contribution in [0.5, 0.6) is 5.75 Å². The van der Waals surface area contributed by atoms with Crippen LogP contribution in [0.2, 0.25) is 0 Å². The maximum atomic E-state index is 11.9. The van der Waals surface area contributed by atoms with Crippen LogP contribution in [0.15, 0.2) is 52.0 Å². The topological polar surface area (TPSA) is 101 Å². The van der Waals surface area contributed by atoms with E-state index in [1.807, 2.05) is 0 Å². The van der Waals surface area contributed by atoms with Crippen LogP contribution in [-0.2, 0) is 0 Å². The van der Waals surface area contributed by atoms with Gasteiger partial charge in [0.25, 0.3) is 5.91 Å². The molecule has 0 radical (unpaired) electrons. The molecule has 126 valence electrons. The first-order chi connectivity index (χ1) is 11.6. The first-order valence-corrected chi connectivity index (χ1v) is 8.45. The highest BCUT2D eigenvalue weighted by Crippen LogP contribution is 2.21. The van der Waals surface area contributed by atoms with E-state index in [0.717, 1.165) is 11.8 Å². The van der Waals surface area contributed by atoms with E-state index in [-0.39, 0.29) is 5.91 Å². The zero-order valence-corrected chi connectivity index (χ0v) is 14.8. The molecule has 1 heterocycles. The van der Waals surface area contributed by atoms with Crippen LogP contribution in [0.3, 0.4) is 0 Å². The number of nitrogens with zero attached hydrogens (tertiary/aromatic N) is 1. The molecule has 2 aromatic rings. The number of thioether (sulfide) groups is 1. The molecule has 2 amide bonds. The summed E-state index contributed by atoms with van der Waals surface area (Å²) < 4.78 is 6.10. The summed E-state index contributed by atoms with van der Waals surface area (Å²) >= 11 is 4.07. The molecule has 0 aliphatic carbocycles. The van der Waals surface area contributed by atoms with Gasteiger partial charge in [-0.05, 0) is 64.1 Å². The Labute approximate surface area is 150 Å². The second-order valence-corrected chi connectivity index (χ2v) is 6.28. The second-order valence-electron chi connectivity index (χ2n) is 4.42. The zero-order valence-electron chi connectivity index (χ0n) is 12.4. The van der Waals surface area contributed by atoms with E-state index in [4.69, 9.17) is 9.94 Å². The van der Waals surface area contributed by atoms with E-state index in [0.29, 0.717) is 34.1 Å². The fourth-order valence-corrected chi connectivity index (χ4v) is 2.57. The zero-order chi connectivity index (χ0) is 17.4. The van der Waals surface area contributed by atoms with Crippen molar-refractivity contribution in [3.05, 3.63) is 52.8 Å². The minimum absolute atomic E-state index is 0.276. The average molecular weight is 412 g/mol. The minimum Gasteiger partial charge on any atom is -0.492 e. The van der Waals surface area contributed by atoms with Gasteiger partial charge in [-0.25, -0.2) is 10.5 Å². The fraction of sp³-hybridized carbons (Fsp3) is 0.133. The Morgan fingerprint density at radius 1 is 1.21 bits per heavy atom. The first kappa shape index (κ1) is 18.2. The van der Waals surface area contributed by atoms with Gasteiger partial charge in [-0.3, -0.25) is 14.8 Å². The maximum Gasteiger partial charge on any atom is 0.307 e. The minimum atomic E-state index is -0.562. The van der Waals surface area contributed by atoms with Crippen molar-refractivity contribution in [2.75, 3.05) is 13.2 Å². The Kier molecular flexibility index (Phi) is 7.04. The van der Waals surface area contributed by atoms with Crippen molar-refractivity contribution in [3.8, 4) is 5.75 Å². The lowest BCUT2D eigenvalue weighted by Gasteiger charge is -2.08. The van der Waals surface area contributed by atoms with Crippen molar-refractivity contribution < 1.29 is 19.5 Å². The standard InChI is InChI=1S/C15H14BrN3O4S/c16-13-3-1-2-12(18-13)14(20)17-8-9-23-10-4-6-11(7-5-10)24-15(21)19-22/h1-7,22H,8-9H2,(H,17,20)(H,19,21). The van der Waals surface area contributed by atoms with Crippen LogP contribution >= 0.6 is 27.7 Å². The molecule has 3 N–H and O–H groups in total. The molecule has 0 atom stereocenters. The quantitative estimate of drug-likeness (QED) is 0.222. The van der Waals surface area contributed by atoms with Gasteiger partial charge >= 0.3 is 5.24 Å². The van der Waals surface area contributed by atoms with Crippen LogP contribution in [0.25, 0.3) is 0 Å². The highest BCUT2D eigenvalue weighted by Gasteiger charge is 2.07. The number of nitrogens with one attached hydrogen (secondary N) is 2. The van der Waals surface area contributed by atoms with Gasteiger partial charge < -0.3 is 10.1 Å². The van der Waals surface area contributed by atoms with E-state index < -0.39 is 5.24 Å². The lowest BCUT2D eigenvalue weighted by molar-refractivity contribution is 0.0942. The van der Waals surface area contributed by atoms with Crippen molar-refractivity contribution in [1.29, 1.82) is 0 Å². The number of ether oxygens (including phenoxy) is 1. The molecule has 0 aliphatic heterocycles. The van der Waals surface area contributed by atoms with Gasteiger partial charge in [0, 0.05) is 4.90 Å². The summed E-state index contributed by atoms with van der Waals surface area (Å²) in [5.41, 5.74) is 1.87. The van der Waals surface area contributed by atoms with Crippen molar-refractivity contribution in [2.24, 2.45) is 0 Å². The van der Waals surface area contributed by atoms with E-state index in [9.17, 15) is 9.59 Å². The number of pyridine rings is 1. The Hall–Kier alpha value is -2.10. The largest absolute Gasteiger partial charge is 0.492 e. The number of aromatic nitrogens is 1. The summed E-state index contributed by atoms with van der Waals surface area (Å²) in [5, 5.41) is 10.6. The summed E-state index contributed by atoms with van der Waals surface area (Å²) in [4.78, 5) is 27.6. The molecular formula is C15H14BrN3O4S. The predicted octanol–water partition coefficient (Wildman–Crippen LogP) is 2.84. The van der Waals surface area contributed by atoms with Gasteiger partial charge in [0.15, 0.2) is 0 Å². The average Bonchev–Trinajstić information content (AvgIpc) is 2.59. The Balaban J connectivity index is 1.74. The molecule has 0 saturated heterocycles. The second kappa shape index (κ2) is 9.26. The molecular weight excluding hydrogens is 398 g/mol. The third-order valence-corrected chi connectivity index (χ3v) is 3.96. The Morgan fingerprint density at radius 3 is 2.62 bits per heavy atom. The first-order valence-electron chi connectivity index (χ1n) is 6.84. The monoisotopic (exact) mass is 411 g/mol. The summed E-state index contributed by atoms with van der Waals surface area (Å²) in [6.45, 7) is 0.625. The van der Waals surface area contributed by atoms with Crippen molar-refractivity contribution in [2.45, 2.75) is 4.90 Å². The number of rotatable bonds is 6. The van der Waals surface area contributed by atoms with Crippen LogP contribution in [-0.4, -0.2) is 34.5 Å². The molecule has 1 aromatic carbocycles.